The Kier molecular flexibility index (Phi) is 3.58. The number of carbonyl (C=O) groups excluding carboxylic acids is 1. The standard InChI is InChI=1S/C16H15N3OS/c1-10-7-12(9-21-10)16(20)19-17-8-14-11(2)18-15-6-4-3-5-13(14)15/h3-9,18H,1-2H3,(H,19,20)/b17-8+. The van der Waals surface area contributed by atoms with Crippen LogP contribution in [0.3, 0.4) is 0 Å². The minimum atomic E-state index is -0.187. The summed E-state index contributed by atoms with van der Waals surface area (Å²) in [6.07, 6.45) is 1.69. The summed E-state index contributed by atoms with van der Waals surface area (Å²) in [5.41, 5.74) is 6.30. The molecule has 1 aromatic carbocycles. The Balaban J connectivity index is 1.79. The molecule has 0 bridgehead atoms. The molecule has 0 spiro atoms. The maximum absolute atomic E-state index is 11.9. The molecule has 0 saturated carbocycles. The van der Waals surface area contributed by atoms with Gasteiger partial charge in [0.25, 0.3) is 5.91 Å². The summed E-state index contributed by atoms with van der Waals surface area (Å²) in [5, 5.41) is 7.00. The molecule has 3 rings (SSSR count). The smallest absolute Gasteiger partial charge is 0.272 e. The summed E-state index contributed by atoms with van der Waals surface area (Å²) in [5.74, 6) is -0.187. The molecule has 0 aliphatic rings. The third-order valence-electron chi connectivity index (χ3n) is 3.30. The van der Waals surface area contributed by atoms with Crippen LogP contribution in [0.15, 0.2) is 40.8 Å². The van der Waals surface area contributed by atoms with Crippen molar-refractivity contribution < 1.29 is 4.79 Å². The number of nitrogens with one attached hydrogen (secondary N) is 2. The lowest BCUT2D eigenvalue weighted by atomic mass is 10.1. The zero-order valence-electron chi connectivity index (χ0n) is 11.8. The second-order valence-corrected chi connectivity index (χ2v) is 5.97. The lowest BCUT2D eigenvalue weighted by Crippen LogP contribution is -2.16. The number of fused-ring (bicyclic) bond motifs is 1. The van der Waals surface area contributed by atoms with Crippen molar-refractivity contribution in [3.8, 4) is 0 Å². The molecule has 0 radical (unpaired) electrons. The normalized spacial score (nSPS) is 11.3. The molecule has 1 amide bonds. The van der Waals surface area contributed by atoms with Gasteiger partial charge < -0.3 is 4.98 Å². The van der Waals surface area contributed by atoms with Gasteiger partial charge in [-0.05, 0) is 26.0 Å². The van der Waals surface area contributed by atoms with E-state index in [9.17, 15) is 4.79 Å². The molecule has 0 fully saturated rings. The minimum absolute atomic E-state index is 0.187. The molecular weight excluding hydrogens is 282 g/mol. The molecule has 106 valence electrons. The SMILES string of the molecule is Cc1cc(C(=O)N/N=C/c2c(C)[nH]c3ccccc23)cs1. The Morgan fingerprint density at radius 3 is 2.90 bits per heavy atom. The Morgan fingerprint density at radius 2 is 2.14 bits per heavy atom. The summed E-state index contributed by atoms with van der Waals surface area (Å²) in [7, 11) is 0. The number of para-hydroxylation sites is 1. The van der Waals surface area contributed by atoms with Crippen LogP contribution in [0.25, 0.3) is 10.9 Å². The third-order valence-corrected chi connectivity index (χ3v) is 4.16. The van der Waals surface area contributed by atoms with Crippen LogP contribution in [0.5, 0.6) is 0 Å². The molecule has 2 heterocycles. The number of carbonyl (C=O) groups is 1. The highest BCUT2D eigenvalue weighted by molar-refractivity contribution is 7.10. The fourth-order valence-corrected chi connectivity index (χ4v) is 2.93. The van der Waals surface area contributed by atoms with E-state index in [1.54, 1.807) is 17.6 Å². The van der Waals surface area contributed by atoms with Gasteiger partial charge in [-0.1, -0.05) is 18.2 Å². The quantitative estimate of drug-likeness (QED) is 0.563. The first kappa shape index (κ1) is 13.6. The maximum Gasteiger partial charge on any atom is 0.272 e. The van der Waals surface area contributed by atoms with Gasteiger partial charge in [0, 0.05) is 32.4 Å². The predicted molar refractivity (Wildman–Crippen MR) is 87.2 cm³/mol. The number of hydrogen-bond acceptors (Lipinski definition) is 3. The van der Waals surface area contributed by atoms with Gasteiger partial charge in [0.2, 0.25) is 0 Å². The first-order valence-electron chi connectivity index (χ1n) is 6.61. The lowest BCUT2D eigenvalue weighted by Gasteiger charge is -1.96. The van der Waals surface area contributed by atoms with Gasteiger partial charge >= 0.3 is 0 Å². The van der Waals surface area contributed by atoms with Gasteiger partial charge in [-0.2, -0.15) is 5.10 Å². The van der Waals surface area contributed by atoms with Crippen LogP contribution < -0.4 is 5.43 Å². The van der Waals surface area contributed by atoms with Crippen molar-refractivity contribution in [2.24, 2.45) is 5.10 Å². The first-order chi connectivity index (χ1) is 10.1. The van der Waals surface area contributed by atoms with Crippen LogP contribution in [-0.2, 0) is 0 Å². The summed E-state index contributed by atoms with van der Waals surface area (Å²) >= 11 is 1.55. The number of hydrogen-bond donors (Lipinski definition) is 2. The second-order valence-electron chi connectivity index (χ2n) is 4.85. The average molecular weight is 297 g/mol. The molecule has 2 aromatic heterocycles. The monoisotopic (exact) mass is 297 g/mol. The van der Waals surface area contributed by atoms with E-state index in [2.05, 4.69) is 15.5 Å². The van der Waals surface area contributed by atoms with Crippen LogP contribution >= 0.6 is 11.3 Å². The first-order valence-corrected chi connectivity index (χ1v) is 7.49. The van der Waals surface area contributed by atoms with Crippen LogP contribution in [0, 0.1) is 13.8 Å². The van der Waals surface area contributed by atoms with Gasteiger partial charge in [0.15, 0.2) is 0 Å². The van der Waals surface area contributed by atoms with Gasteiger partial charge in [-0.3, -0.25) is 4.79 Å². The zero-order valence-corrected chi connectivity index (χ0v) is 12.6. The number of aryl methyl sites for hydroxylation is 2. The second kappa shape index (κ2) is 5.54. The van der Waals surface area contributed by atoms with Crippen LogP contribution in [0.4, 0.5) is 0 Å². The van der Waals surface area contributed by atoms with Crippen molar-refractivity contribution in [3.05, 3.63) is 57.4 Å². The largest absolute Gasteiger partial charge is 0.358 e. The molecule has 3 aromatic rings. The molecule has 0 saturated heterocycles. The average Bonchev–Trinajstić information content (AvgIpc) is 3.03. The highest BCUT2D eigenvalue weighted by Crippen LogP contribution is 2.19. The lowest BCUT2D eigenvalue weighted by molar-refractivity contribution is 0.0955. The van der Waals surface area contributed by atoms with E-state index in [0.29, 0.717) is 5.56 Å². The van der Waals surface area contributed by atoms with Gasteiger partial charge in [0.1, 0.15) is 0 Å². The number of rotatable bonds is 3. The molecule has 0 unspecified atom stereocenters. The van der Waals surface area contributed by atoms with Crippen LogP contribution in [-0.4, -0.2) is 17.1 Å². The number of hydrazone groups is 1. The number of aromatic amines is 1. The Labute approximate surface area is 126 Å². The summed E-state index contributed by atoms with van der Waals surface area (Å²) in [4.78, 5) is 16.3. The molecular formula is C16H15N3OS. The maximum atomic E-state index is 11.9. The van der Waals surface area contributed by atoms with E-state index in [1.165, 1.54) is 0 Å². The minimum Gasteiger partial charge on any atom is -0.358 e. The Morgan fingerprint density at radius 1 is 1.33 bits per heavy atom. The summed E-state index contributed by atoms with van der Waals surface area (Å²) in [6, 6.07) is 9.88. The van der Waals surface area contributed by atoms with Crippen molar-refractivity contribution >= 4 is 34.4 Å². The van der Waals surface area contributed by atoms with Gasteiger partial charge in [-0.15, -0.1) is 11.3 Å². The van der Waals surface area contributed by atoms with E-state index in [4.69, 9.17) is 0 Å². The van der Waals surface area contributed by atoms with Crippen molar-refractivity contribution in [2.75, 3.05) is 0 Å². The Bertz CT molecular complexity index is 829. The topological polar surface area (TPSA) is 57.2 Å². The van der Waals surface area contributed by atoms with E-state index < -0.39 is 0 Å². The van der Waals surface area contributed by atoms with E-state index in [0.717, 1.165) is 27.0 Å². The molecule has 0 aliphatic carbocycles. The van der Waals surface area contributed by atoms with E-state index >= 15 is 0 Å². The number of H-pyrrole nitrogens is 1. The van der Waals surface area contributed by atoms with Crippen LogP contribution in [0.1, 0.15) is 26.5 Å². The fourth-order valence-electron chi connectivity index (χ4n) is 2.25. The molecule has 0 aliphatic heterocycles. The number of aromatic nitrogens is 1. The summed E-state index contributed by atoms with van der Waals surface area (Å²) in [6.45, 7) is 3.96. The fraction of sp³-hybridized carbons (Fsp3) is 0.125. The van der Waals surface area contributed by atoms with Crippen LogP contribution in [0.2, 0.25) is 0 Å². The van der Waals surface area contributed by atoms with E-state index in [1.807, 2.05) is 49.6 Å². The predicted octanol–water partition coefficient (Wildman–Crippen LogP) is 3.61. The Hall–Kier alpha value is -2.40. The number of thiophene rings is 1. The molecule has 2 N–H and O–H groups in total. The number of amides is 1. The molecule has 5 heteroatoms. The number of benzene rings is 1. The highest BCUT2D eigenvalue weighted by atomic mass is 32.1. The zero-order chi connectivity index (χ0) is 14.8. The van der Waals surface area contributed by atoms with Gasteiger partial charge in [-0.25, -0.2) is 5.43 Å². The molecule has 4 nitrogen and oxygen atoms in total. The number of nitrogens with zero attached hydrogens (tertiary/aromatic N) is 1. The van der Waals surface area contributed by atoms with Crippen molar-refractivity contribution in [2.45, 2.75) is 13.8 Å². The highest BCUT2D eigenvalue weighted by Gasteiger charge is 2.07. The summed E-state index contributed by atoms with van der Waals surface area (Å²) < 4.78 is 0. The van der Waals surface area contributed by atoms with Gasteiger partial charge in [0.05, 0.1) is 11.8 Å². The van der Waals surface area contributed by atoms with Crippen molar-refractivity contribution in [3.63, 3.8) is 0 Å². The third kappa shape index (κ3) is 2.73. The van der Waals surface area contributed by atoms with Crippen molar-refractivity contribution in [1.29, 1.82) is 0 Å². The molecule has 0 atom stereocenters. The molecule has 21 heavy (non-hydrogen) atoms. The van der Waals surface area contributed by atoms with Crippen molar-refractivity contribution in [1.82, 2.24) is 10.4 Å². The van der Waals surface area contributed by atoms with E-state index in [-0.39, 0.29) is 5.91 Å².